The van der Waals surface area contributed by atoms with Gasteiger partial charge in [-0.05, 0) is 79.4 Å². The lowest BCUT2D eigenvalue weighted by molar-refractivity contribution is -0.107. The lowest BCUT2D eigenvalue weighted by atomic mass is 10.0. The molecule has 0 N–H and O–H groups in total. The molecule has 3 aromatic carbocycles. The van der Waals surface area contributed by atoms with Crippen LogP contribution in [-0.4, -0.2) is 80.4 Å². The number of benzene rings is 3. The normalized spacial score (nSPS) is 19.2. The number of hydrogen-bond acceptors (Lipinski definition) is 4. The Morgan fingerprint density at radius 3 is 2.41 bits per heavy atom. The largest absolute Gasteiger partial charge is 0.336 e. The topological polar surface area (TPSA) is 47.1 Å². The number of para-hydroxylation sites is 1. The van der Waals surface area contributed by atoms with E-state index in [1.54, 1.807) is 4.90 Å². The summed E-state index contributed by atoms with van der Waals surface area (Å²) in [7, 11) is 4.17. The molecule has 0 aromatic heterocycles. The quantitative estimate of drug-likeness (QED) is 0.333. The Kier molecular flexibility index (Phi) is 8.66. The molecule has 1 saturated heterocycles. The number of piperazine rings is 1. The van der Waals surface area contributed by atoms with Gasteiger partial charge < -0.3 is 14.7 Å². The fraction of sp³-hybridized carbons (Fsp3) is 0.375. The zero-order valence-corrected chi connectivity index (χ0v) is 23.6. The molecule has 2 aliphatic rings. The van der Waals surface area contributed by atoms with Crippen molar-refractivity contribution in [3.05, 3.63) is 100 Å². The van der Waals surface area contributed by atoms with E-state index in [9.17, 15) is 9.59 Å². The summed E-state index contributed by atoms with van der Waals surface area (Å²) in [6.45, 7) is 5.73. The third kappa shape index (κ3) is 6.70. The summed E-state index contributed by atoms with van der Waals surface area (Å²) in [5.74, 6) is 0.862. The zero-order chi connectivity index (χ0) is 27.4. The van der Waals surface area contributed by atoms with Crippen LogP contribution in [0.3, 0.4) is 0 Å². The van der Waals surface area contributed by atoms with Gasteiger partial charge in [0.15, 0.2) is 0 Å². The van der Waals surface area contributed by atoms with Crippen LogP contribution in [0.4, 0.5) is 5.69 Å². The van der Waals surface area contributed by atoms with E-state index in [-0.39, 0.29) is 5.91 Å². The summed E-state index contributed by atoms with van der Waals surface area (Å²) in [5.41, 5.74) is 5.01. The SMILES string of the molecule is CN(C)CCN1CCN(C(=O)c2cccc(CN(C=O)c3ccccc3C3C[C@@H]3c3ccc(Cl)cc3)c2)CC1. The van der Waals surface area contributed by atoms with E-state index < -0.39 is 0 Å². The van der Waals surface area contributed by atoms with Gasteiger partial charge in [-0.2, -0.15) is 0 Å². The van der Waals surface area contributed by atoms with E-state index in [0.29, 0.717) is 23.9 Å². The van der Waals surface area contributed by atoms with Crippen LogP contribution in [-0.2, 0) is 11.3 Å². The molecule has 0 spiro atoms. The first-order valence-electron chi connectivity index (χ1n) is 13.7. The van der Waals surface area contributed by atoms with Crippen molar-refractivity contribution in [1.29, 1.82) is 0 Å². The highest BCUT2D eigenvalue weighted by Crippen LogP contribution is 2.56. The Labute approximate surface area is 236 Å². The minimum Gasteiger partial charge on any atom is -0.336 e. The molecule has 1 saturated carbocycles. The summed E-state index contributed by atoms with van der Waals surface area (Å²) in [5, 5.41) is 0.742. The van der Waals surface area contributed by atoms with Gasteiger partial charge in [-0.3, -0.25) is 14.5 Å². The van der Waals surface area contributed by atoms with Gasteiger partial charge in [0.05, 0.1) is 6.54 Å². The third-order valence-corrected chi connectivity index (χ3v) is 8.16. The second-order valence-corrected chi connectivity index (χ2v) is 11.4. The molecule has 2 amide bonds. The lowest BCUT2D eigenvalue weighted by Crippen LogP contribution is -2.50. The third-order valence-electron chi connectivity index (χ3n) is 7.91. The summed E-state index contributed by atoms with van der Waals surface area (Å²) >= 11 is 6.08. The van der Waals surface area contributed by atoms with Crippen LogP contribution in [0, 0.1) is 0 Å². The smallest absolute Gasteiger partial charge is 0.253 e. The highest BCUT2D eigenvalue weighted by atomic mass is 35.5. The van der Waals surface area contributed by atoms with Crippen LogP contribution in [0.1, 0.15) is 45.3 Å². The van der Waals surface area contributed by atoms with Crippen molar-refractivity contribution in [2.45, 2.75) is 24.8 Å². The molecule has 1 heterocycles. The second-order valence-electron chi connectivity index (χ2n) is 10.9. The second kappa shape index (κ2) is 12.3. The van der Waals surface area contributed by atoms with Crippen LogP contribution >= 0.6 is 11.6 Å². The summed E-state index contributed by atoms with van der Waals surface area (Å²) in [6, 6.07) is 24.0. The molecule has 2 atom stereocenters. The molecule has 6 nitrogen and oxygen atoms in total. The van der Waals surface area contributed by atoms with E-state index in [2.05, 4.69) is 42.1 Å². The van der Waals surface area contributed by atoms with Crippen molar-refractivity contribution >= 4 is 29.6 Å². The molecule has 1 unspecified atom stereocenters. The number of likely N-dealkylation sites (N-methyl/N-ethyl adjacent to an activating group) is 1. The van der Waals surface area contributed by atoms with Crippen molar-refractivity contribution in [3.63, 3.8) is 0 Å². The first kappa shape index (κ1) is 27.4. The average molecular weight is 545 g/mol. The molecule has 0 radical (unpaired) electrons. The number of amides is 2. The summed E-state index contributed by atoms with van der Waals surface area (Å²) in [6.07, 6.45) is 1.96. The molecule has 3 aromatic rings. The zero-order valence-electron chi connectivity index (χ0n) is 22.8. The number of rotatable bonds is 10. The first-order chi connectivity index (χ1) is 18.9. The standard InChI is InChI=1S/C32H37ClN4O2/c1-34(2)14-15-35-16-18-36(19-17-35)32(39)26-7-5-6-24(20-26)22-37(23-38)31-9-4-3-8-28(31)30-21-29(30)25-10-12-27(33)13-11-25/h3-13,20,23,29-30H,14-19,21-22H2,1-2H3/t29-,30?/m1/s1. The van der Waals surface area contributed by atoms with Gasteiger partial charge >= 0.3 is 0 Å². The van der Waals surface area contributed by atoms with E-state index in [4.69, 9.17) is 11.6 Å². The maximum absolute atomic E-state index is 13.3. The van der Waals surface area contributed by atoms with Gasteiger partial charge in [-0.25, -0.2) is 0 Å². The molecule has 0 bridgehead atoms. The number of hydrogen-bond donors (Lipinski definition) is 0. The Morgan fingerprint density at radius 2 is 1.69 bits per heavy atom. The highest BCUT2D eigenvalue weighted by molar-refractivity contribution is 6.30. The van der Waals surface area contributed by atoms with Crippen molar-refractivity contribution in [2.75, 3.05) is 58.3 Å². The lowest BCUT2D eigenvalue weighted by Gasteiger charge is -2.35. The van der Waals surface area contributed by atoms with Crippen LogP contribution in [0.15, 0.2) is 72.8 Å². The van der Waals surface area contributed by atoms with Crippen molar-refractivity contribution in [1.82, 2.24) is 14.7 Å². The fourth-order valence-corrected chi connectivity index (χ4v) is 5.68. The molecule has 1 aliphatic carbocycles. The Morgan fingerprint density at radius 1 is 0.949 bits per heavy atom. The van der Waals surface area contributed by atoms with Gasteiger partial charge in [-0.15, -0.1) is 0 Å². The number of halogens is 1. The Balaban J connectivity index is 1.25. The van der Waals surface area contributed by atoms with E-state index in [0.717, 1.165) is 68.4 Å². The first-order valence-corrected chi connectivity index (χ1v) is 14.1. The van der Waals surface area contributed by atoms with E-state index >= 15 is 0 Å². The number of nitrogens with zero attached hydrogens (tertiary/aromatic N) is 4. The summed E-state index contributed by atoms with van der Waals surface area (Å²) in [4.78, 5) is 33.9. The van der Waals surface area contributed by atoms with E-state index in [1.807, 2.05) is 59.5 Å². The van der Waals surface area contributed by atoms with Gasteiger partial charge in [0.2, 0.25) is 6.41 Å². The number of anilines is 1. The maximum Gasteiger partial charge on any atom is 0.253 e. The molecule has 2 fully saturated rings. The number of carbonyl (C=O) groups is 2. The van der Waals surface area contributed by atoms with Crippen molar-refractivity contribution in [2.24, 2.45) is 0 Å². The van der Waals surface area contributed by atoms with E-state index in [1.165, 1.54) is 11.1 Å². The monoisotopic (exact) mass is 544 g/mol. The van der Waals surface area contributed by atoms with Crippen LogP contribution in [0.2, 0.25) is 5.02 Å². The predicted octanol–water partition coefficient (Wildman–Crippen LogP) is 5.09. The Hall–Kier alpha value is -3.19. The average Bonchev–Trinajstić information content (AvgIpc) is 3.76. The molecule has 7 heteroatoms. The molecule has 39 heavy (non-hydrogen) atoms. The van der Waals surface area contributed by atoms with Gasteiger partial charge in [0.1, 0.15) is 0 Å². The van der Waals surface area contributed by atoms with Crippen LogP contribution < -0.4 is 4.90 Å². The predicted molar refractivity (Wildman–Crippen MR) is 158 cm³/mol. The van der Waals surface area contributed by atoms with Gasteiger partial charge in [-0.1, -0.05) is 54.1 Å². The van der Waals surface area contributed by atoms with Gasteiger partial charge in [0.25, 0.3) is 5.91 Å². The minimum absolute atomic E-state index is 0.0611. The van der Waals surface area contributed by atoms with Crippen LogP contribution in [0.5, 0.6) is 0 Å². The molecular weight excluding hydrogens is 508 g/mol. The molecule has 1 aliphatic heterocycles. The van der Waals surface area contributed by atoms with Crippen LogP contribution in [0.25, 0.3) is 0 Å². The Bertz CT molecular complexity index is 1290. The molecule has 204 valence electrons. The molecule has 5 rings (SSSR count). The van der Waals surface area contributed by atoms with Crippen molar-refractivity contribution < 1.29 is 9.59 Å². The summed E-state index contributed by atoms with van der Waals surface area (Å²) < 4.78 is 0. The maximum atomic E-state index is 13.3. The fourth-order valence-electron chi connectivity index (χ4n) is 5.56. The molecular formula is C32H37ClN4O2. The minimum atomic E-state index is 0.0611. The number of carbonyl (C=O) groups excluding carboxylic acids is 2. The van der Waals surface area contributed by atoms with Crippen molar-refractivity contribution in [3.8, 4) is 0 Å². The van der Waals surface area contributed by atoms with Gasteiger partial charge in [0, 0.05) is 55.5 Å². The highest BCUT2D eigenvalue weighted by Gasteiger charge is 2.41.